The number of ether oxygens (including phenoxy) is 1. The number of aromatic nitrogens is 2. The number of amides is 1. The minimum atomic E-state index is -2.90. The molecule has 1 amide bonds. The van der Waals surface area contributed by atoms with Gasteiger partial charge >= 0.3 is 6.09 Å². The van der Waals surface area contributed by atoms with E-state index in [1.54, 1.807) is 18.2 Å². The molecule has 1 aliphatic rings. The number of rotatable bonds is 6. The summed E-state index contributed by atoms with van der Waals surface area (Å²) in [5.74, 6) is 0.694. The molecule has 6 nitrogen and oxygen atoms in total. The number of fused-ring (bicyclic) bond motifs is 1. The molecule has 1 atom stereocenters. The van der Waals surface area contributed by atoms with Gasteiger partial charge in [-0.25, -0.2) is 23.5 Å². The van der Waals surface area contributed by atoms with E-state index in [4.69, 9.17) is 16.3 Å². The van der Waals surface area contributed by atoms with Crippen LogP contribution in [0.1, 0.15) is 31.9 Å². The van der Waals surface area contributed by atoms with Gasteiger partial charge in [0.1, 0.15) is 11.6 Å². The maximum Gasteiger partial charge on any atom is 0.413 e. The number of carbonyl (C=O) groups is 1. The lowest BCUT2D eigenvalue weighted by Gasteiger charge is -2.27. The third-order valence-electron chi connectivity index (χ3n) is 4.21. The van der Waals surface area contributed by atoms with Gasteiger partial charge in [0.15, 0.2) is 6.10 Å². The van der Waals surface area contributed by atoms with Crippen LogP contribution in [0.3, 0.4) is 0 Å². The van der Waals surface area contributed by atoms with Crippen molar-refractivity contribution >= 4 is 29.3 Å². The van der Waals surface area contributed by atoms with Gasteiger partial charge in [0.2, 0.25) is 0 Å². The van der Waals surface area contributed by atoms with Crippen molar-refractivity contribution in [2.75, 3.05) is 23.3 Å². The molecule has 0 bridgehead atoms. The number of hydrogen-bond donors (Lipinski definition) is 1. The summed E-state index contributed by atoms with van der Waals surface area (Å²) in [5, 5.41) is 2.80. The zero-order valence-corrected chi connectivity index (χ0v) is 15.6. The average molecular weight is 397 g/mol. The van der Waals surface area contributed by atoms with Crippen LogP contribution in [0.4, 0.5) is 25.2 Å². The Hall–Kier alpha value is -2.48. The molecule has 0 saturated heterocycles. The van der Waals surface area contributed by atoms with E-state index in [2.05, 4.69) is 22.2 Å². The molecule has 27 heavy (non-hydrogen) atoms. The van der Waals surface area contributed by atoms with E-state index in [0.29, 0.717) is 22.1 Å². The first-order valence-electron chi connectivity index (χ1n) is 8.62. The lowest BCUT2D eigenvalue weighted by Crippen LogP contribution is -2.29. The number of halogens is 3. The third-order valence-corrected chi connectivity index (χ3v) is 4.43. The molecule has 0 spiro atoms. The molecule has 0 aromatic carbocycles. The van der Waals surface area contributed by atoms with Gasteiger partial charge in [0, 0.05) is 29.9 Å². The topological polar surface area (TPSA) is 67.4 Å². The normalized spacial score (nSPS) is 15.9. The monoisotopic (exact) mass is 396 g/mol. The predicted molar refractivity (Wildman–Crippen MR) is 99.5 cm³/mol. The summed E-state index contributed by atoms with van der Waals surface area (Å²) in [7, 11) is 0. The molecular weight excluding hydrogens is 378 g/mol. The summed E-state index contributed by atoms with van der Waals surface area (Å²) >= 11 is 6.27. The fourth-order valence-electron chi connectivity index (χ4n) is 3.05. The molecule has 3 rings (SSSR count). The molecule has 2 aromatic heterocycles. The zero-order chi connectivity index (χ0) is 19.6. The molecule has 3 heterocycles. The van der Waals surface area contributed by atoms with Gasteiger partial charge in [-0.05, 0) is 31.5 Å². The second-order valence-electron chi connectivity index (χ2n) is 6.01. The van der Waals surface area contributed by atoms with Gasteiger partial charge in [-0.3, -0.25) is 5.32 Å². The van der Waals surface area contributed by atoms with Crippen LogP contribution in [0, 0.1) is 0 Å². The summed E-state index contributed by atoms with van der Waals surface area (Å²) in [6, 6.07) is 4.90. The maximum absolute atomic E-state index is 13.5. The molecule has 0 fully saturated rings. The summed E-state index contributed by atoms with van der Waals surface area (Å²) in [6.45, 7) is 5.58. The molecule has 9 heteroatoms. The van der Waals surface area contributed by atoms with Crippen molar-refractivity contribution in [3.63, 3.8) is 0 Å². The Morgan fingerprint density at radius 1 is 1.37 bits per heavy atom. The Labute approximate surface area is 160 Å². The van der Waals surface area contributed by atoms with E-state index in [1.165, 1.54) is 6.20 Å². The summed E-state index contributed by atoms with van der Waals surface area (Å²) in [4.78, 5) is 22.2. The molecule has 0 unspecified atom stereocenters. The standard InChI is InChI=1S/C18H19ClF2N4O2/c1-3-7-25(4-2)13-9-10(19)8-12(23-13)11-5-6-22-17-14(11)15(16(20)21)27-18(26)24-17/h5-6,8-9,15-16H,3-4,7H2,1-2H3,(H,22,24,26)/t15-/m1/s1. The van der Waals surface area contributed by atoms with Crippen molar-refractivity contribution < 1.29 is 18.3 Å². The van der Waals surface area contributed by atoms with Crippen LogP contribution in [-0.4, -0.2) is 35.6 Å². The number of nitrogens with zero attached hydrogens (tertiary/aromatic N) is 3. The number of nitrogens with one attached hydrogen (secondary N) is 1. The molecule has 0 saturated carbocycles. The van der Waals surface area contributed by atoms with Crippen LogP contribution in [0.25, 0.3) is 11.3 Å². The van der Waals surface area contributed by atoms with Gasteiger partial charge in [-0.1, -0.05) is 18.5 Å². The Morgan fingerprint density at radius 2 is 2.15 bits per heavy atom. The van der Waals surface area contributed by atoms with E-state index in [0.717, 1.165) is 19.5 Å². The van der Waals surface area contributed by atoms with Gasteiger partial charge in [-0.2, -0.15) is 0 Å². The molecule has 2 aromatic rings. The molecule has 0 aliphatic carbocycles. The first-order valence-corrected chi connectivity index (χ1v) is 9.00. The highest BCUT2D eigenvalue weighted by Gasteiger charge is 2.37. The number of pyridine rings is 2. The highest BCUT2D eigenvalue weighted by atomic mass is 35.5. The van der Waals surface area contributed by atoms with Crippen molar-refractivity contribution in [1.29, 1.82) is 0 Å². The summed E-state index contributed by atoms with van der Waals surface area (Å²) in [5.41, 5.74) is 0.893. The van der Waals surface area contributed by atoms with Gasteiger partial charge in [-0.15, -0.1) is 0 Å². The molecule has 1 N–H and O–H groups in total. The zero-order valence-electron chi connectivity index (χ0n) is 14.9. The summed E-state index contributed by atoms with van der Waals surface area (Å²) in [6.07, 6.45) is -3.23. The fourth-order valence-corrected chi connectivity index (χ4v) is 3.25. The Balaban J connectivity index is 2.14. The van der Waals surface area contributed by atoms with Crippen molar-refractivity contribution in [1.82, 2.24) is 9.97 Å². The van der Waals surface area contributed by atoms with Crippen molar-refractivity contribution in [3.05, 3.63) is 35.0 Å². The van der Waals surface area contributed by atoms with Crippen LogP contribution in [0.2, 0.25) is 5.02 Å². The van der Waals surface area contributed by atoms with Crippen LogP contribution in [-0.2, 0) is 4.74 Å². The number of anilines is 2. The van der Waals surface area contributed by atoms with Crippen molar-refractivity contribution in [2.24, 2.45) is 0 Å². The van der Waals surface area contributed by atoms with Gasteiger partial charge in [0.25, 0.3) is 6.43 Å². The Morgan fingerprint density at radius 3 is 2.81 bits per heavy atom. The Bertz CT molecular complexity index is 850. The average Bonchev–Trinajstić information content (AvgIpc) is 2.64. The number of carbonyl (C=O) groups excluding carboxylic acids is 1. The molecular formula is C18H19ClF2N4O2. The van der Waals surface area contributed by atoms with E-state index >= 15 is 0 Å². The quantitative estimate of drug-likeness (QED) is 0.752. The first kappa shape index (κ1) is 19.3. The van der Waals surface area contributed by atoms with Crippen LogP contribution >= 0.6 is 11.6 Å². The highest BCUT2D eigenvalue weighted by molar-refractivity contribution is 6.31. The fraction of sp³-hybridized carbons (Fsp3) is 0.389. The Kier molecular flexibility index (Phi) is 5.74. The first-order chi connectivity index (χ1) is 12.9. The minimum Gasteiger partial charge on any atom is -0.435 e. The molecule has 144 valence electrons. The molecule has 0 radical (unpaired) electrons. The van der Waals surface area contributed by atoms with E-state index in [9.17, 15) is 13.6 Å². The van der Waals surface area contributed by atoms with Gasteiger partial charge < -0.3 is 9.64 Å². The third kappa shape index (κ3) is 3.95. The van der Waals surface area contributed by atoms with E-state index < -0.39 is 18.6 Å². The lowest BCUT2D eigenvalue weighted by atomic mass is 9.99. The van der Waals surface area contributed by atoms with E-state index in [1.807, 2.05) is 11.8 Å². The van der Waals surface area contributed by atoms with Crippen molar-refractivity contribution in [3.8, 4) is 11.3 Å². The largest absolute Gasteiger partial charge is 0.435 e. The van der Waals surface area contributed by atoms with Crippen LogP contribution < -0.4 is 10.2 Å². The second kappa shape index (κ2) is 8.04. The lowest BCUT2D eigenvalue weighted by molar-refractivity contribution is -0.0168. The highest BCUT2D eigenvalue weighted by Crippen LogP contribution is 2.40. The SMILES string of the molecule is CCCN(CC)c1cc(Cl)cc(-c2ccnc3c2[C@H](C(F)F)OC(=O)N3)n1. The number of hydrogen-bond acceptors (Lipinski definition) is 5. The summed E-state index contributed by atoms with van der Waals surface area (Å²) < 4.78 is 31.8. The predicted octanol–water partition coefficient (Wildman–Crippen LogP) is 4.90. The number of cyclic esters (lactones) is 1. The number of alkyl halides is 2. The van der Waals surface area contributed by atoms with Crippen LogP contribution in [0.15, 0.2) is 24.4 Å². The smallest absolute Gasteiger partial charge is 0.413 e. The minimum absolute atomic E-state index is 0.0401. The van der Waals surface area contributed by atoms with E-state index in [-0.39, 0.29) is 11.4 Å². The molecule has 1 aliphatic heterocycles. The maximum atomic E-state index is 13.5. The van der Waals surface area contributed by atoms with Gasteiger partial charge in [0.05, 0.1) is 11.3 Å². The van der Waals surface area contributed by atoms with Crippen LogP contribution in [0.5, 0.6) is 0 Å². The van der Waals surface area contributed by atoms with Crippen molar-refractivity contribution in [2.45, 2.75) is 32.8 Å². The second-order valence-corrected chi connectivity index (χ2v) is 6.45.